The Morgan fingerprint density at radius 3 is 3.11 bits per heavy atom. The highest BCUT2D eigenvalue weighted by atomic mass is 16.6. The second-order valence-electron chi connectivity index (χ2n) is 4.23. The standard InChI is InChI=1S/C12H16N2O5/c1-2-18-12(17)14-3-4-19-10-5-8(11(15)16)6-13-9(10)7-14/h5,8H,2-4,6-7H2,1H3,(H,15,16). The average Bonchev–Trinajstić information content (AvgIpc) is 2.60. The van der Waals surface area contributed by atoms with Crippen molar-refractivity contribution in [2.24, 2.45) is 10.9 Å². The largest absolute Gasteiger partial charge is 0.490 e. The molecule has 0 bridgehead atoms. The minimum absolute atomic E-state index is 0.175. The molecule has 7 nitrogen and oxygen atoms in total. The molecule has 7 heteroatoms. The van der Waals surface area contributed by atoms with Crippen molar-refractivity contribution in [3.63, 3.8) is 0 Å². The molecule has 1 unspecified atom stereocenters. The molecule has 0 radical (unpaired) electrons. The van der Waals surface area contributed by atoms with Crippen molar-refractivity contribution < 1.29 is 24.2 Å². The summed E-state index contributed by atoms with van der Waals surface area (Å²) in [4.78, 5) is 28.3. The molecule has 1 amide bonds. The van der Waals surface area contributed by atoms with Crippen LogP contribution in [0.4, 0.5) is 4.79 Å². The van der Waals surface area contributed by atoms with E-state index in [-0.39, 0.29) is 13.1 Å². The van der Waals surface area contributed by atoms with Gasteiger partial charge in [0.15, 0.2) is 0 Å². The summed E-state index contributed by atoms with van der Waals surface area (Å²) in [6.45, 7) is 3.22. The monoisotopic (exact) mass is 268 g/mol. The number of carbonyl (C=O) groups excluding carboxylic acids is 1. The lowest BCUT2D eigenvalue weighted by atomic mass is 10.0. The van der Waals surface area contributed by atoms with Crippen LogP contribution in [0.3, 0.4) is 0 Å². The molecular formula is C12H16N2O5. The number of dihydropyridines is 1. The van der Waals surface area contributed by atoms with Gasteiger partial charge in [0.2, 0.25) is 0 Å². The van der Waals surface area contributed by atoms with Crippen LogP contribution in [0.25, 0.3) is 0 Å². The molecule has 2 rings (SSSR count). The van der Waals surface area contributed by atoms with Crippen molar-refractivity contribution in [3.8, 4) is 0 Å². The highest BCUT2D eigenvalue weighted by Crippen LogP contribution is 2.18. The second kappa shape index (κ2) is 5.73. The highest BCUT2D eigenvalue weighted by Gasteiger charge is 2.28. The summed E-state index contributed by atoms with van der Waals surface area (Å²) in [5.74, 6) is -1.12. The van der Waals surface area contributed by atoms with E-state index in [4.69, 9.17) is 14.6 Å². The van der Waals surface area contributed by atoms with Gasteiger partial charge in [0.05, 0.1) is 37.9 Å². The van der Waals surface area contributed by atoms with Crippen LogP contribution < -0.4 is 0 Å². The van der Waals surface area contributed by atoms with E-state index >= 15 is 0 Å². The fraction of sp³-hybridized carbons (Fsp3) is 0.583. The number of rotatable bonds is 2. The number of hydrogen-bond acceptors (Lipinski definition) is 5. The Morgan fingerprint density at radius 1 is 1.63 bits per heavy atom. The molecule has 1 atom stereocenters. The van der Waals surface area contributed by atoms with Gasteiger partial charge < -0.3 is 14.6 Å². The van der Waals surface area contributed by atoms with Gasteiger partial charge in [-0.2, -0.15) is 0 Å². The molecule has 2 aliphatic heterocycles. The van der Waals surface area contributed by atoms with Crippen LogP contribution in [0.2, 0.25) is 0 Å². The van der Waals surface area contributed by atoms with E-state index in [9.17, 15) is 9.59 Å². The summed E-state index contributed by atoms with van der Waals surface area (Å²) < 4.78 is 10.4. The molecule has 0 aliphatic carbocycles. The van der Waals surface area contributed by atoms with E-state index in [1.807, 2.05) is 0 Å². The number of ether oxygens (including phenoxy) is 2. The molecule has 19 heavy (non-hydrogen) atoms. The van der Waals surface area contributed by atoms with Crippen LogP contribution in [0.5, 0.6) is 0 Å². The van der Waals surface area contributed by atoms with Gasteiger partial charge in [0, 0.05) is 0 Å². The number of fused-ring (bicyclic) bond motifs is 1. The SMILES string of the molecule is CCOC(=O)N1CCOC2=CC(C(=O)O)CN=C2C1. The molecule has 2 aliphatic rings. The first-order valence-electron chi connectivity index (χ1n) is 6.14. The van der Waals surface area contributed by atoms with E-state index in [0.717, 1.165) is 0 Å². The summed E-state index contributed by atoms with van der Waals surface area (Å²) >= 11 is 0. The van der Waals surface area contributed by atoms with Crippen molar-refractivity contribution in [2.75, 3.05) is 32.8 Å². The third kappa shape index (κ3) is 3.04. The van der Waals surface area contributed by atoms with Gasteiger partial charge in [-0.25, -0.2) is 4.79 Å². The molecule has 0 aromatic heterocycles. The van der Waals surface area contributed by atoms with Gasteiger partial charge in [-0.1, -0.05) is 0 Å². The molecule has 1 N–H and O–H groups in total. The van der Waals surface area contributed by atoms with Crippen LogP contribution in [-0.4, -0.2) is 60.6 Å². The lowest BCUT2D eigenvalue weighted by Crippen LogP contribution is -2.37. The molecule has 0 spiro atoms. The molecule has 2 heterocycles. The van der Waals surface area contributed by atoms with Crippen molar-refractivity contribution in [3.05, 3.63) is 11.8 Å². The summed E-state index contributed by atoms with van der Waals surface area (Å²) in [5.41, 5.74) is 0.600. The topological polar surface area (TPSA) is 88.4 Å². The summed E-state index contributed by atoms with van der Waals surface area (Å²) in [6.07, 6.45) is 1.15. The van der Waals surface area contributed by atoms with E-state index < -0.39 is 18.0 Å². The maximum atomic E-state index is 11.7. The molecule has 104 valence electrons. The summed E-state index contributed by atoms with van der Waals surface area (Å²) in [7, 11) is 0. The molecule has 0 aromatic rings. The maximum absolute atomic E-state index is 11.7. The molecule has 1 saturated heterocycles. The Hall–Kier alpha value is -2.05. The predicted octanol–water partition coefficient (Wildman–Crippen LogP) is 0.514. The molecule has 0 saturated carbocycles. The van der Waals surface area contributed by atoms with Crippen molar-refractivity contribution in [1.82, 2.24) is 4.90 Å². The lowest BCUT2D eigenvalue weighted by Gasteiger charge is -2.20. The first-order chi connectivity index (χ1) is 9.11. The zero-order chi connectivity index (χ0) is 13.8. The number of aliphatic carboxylic acids is 1. The van der Waals surface area contributed by atoms with Crippen LogP contribution in [0.15, 0.2) is 16.8 Å². The van der Waals surface area contributed by atoms with Crippen molar-refractivity contribution in [2.45, 2.75) is 6.92 Å². The first-order valence-corrected chi connectivity index (χ1v) is 6.14. The highest BCUT2D eigenvalue weighted by molar-refractivity contribution is 6.02. The number of carbonyl (C=O) groups is 2. The predicted molar refractivity (Wildman–Crippen MR) is 66.1 cm³/mol. The molecule has 1 fully saturated rings. The number of nitrogens with zero attached hydrogens (tertiary/aromatic N) is 2. The zero-order valence-electron chi connectivity index (χ0n) is 10.7. The van der Waals surface area contributed by atoms with Crippen LogP contribution in [-0.2, 0) is 14.3 Å². The average molecular weight is 268 g/mol. The van der Waals surface area contributed by atoms with Gasteiger partial charge in [0.25, 0.3) is 0 Å². The van der Waals surface area contributed by atoms with Gasteiger partial charge in [-0.3, -0.25) is 14.7 Å². The van der Waals surface area contributed by atoms with Crippen molar-refractivity contribution in [1.29, 1.82) is 0 Å². The van der Waals surface area contributed by atoms with Gasteiger partial charge in [-0.05, 0) is 13.0 Å². The Kier molecular flexibility index (Phi) is 4.03. The normalized spacial score (nSPS) is 22.4. The quantitative estimate of drug-likeness (QED) is 0.788. The number of aliphatic imine (C=N–C) groups is 1. The van der Waals surface area contributed by atoms with E-state index in [1.165, 1.54) is 4.90 Å². The Bertz CT molecular complexity index is 443. The van der Waals surface area contributed by atoms with Gasteiger partial charge >= 0.3 is 12.1 Å². The minimum Gasteiger partial charge on any atom is -0.490 e. The Labute approximate surface area is 110 Å². The minimum atomic E-state index is -0.926. The zero-order valence-corrected chi connectivity index (χ0v) is 10.7. The summed E-state index contributed by atoms with van der Waals surface area (Å²) in [6, 6.07) is 0. The smallest absolute Gasteiger partial charge is 0.410 e. The van der Waals surface area contributed by atoms with Gasteiger partial charge in [-0.15, -0.1) is 0 Å². The number of hydrogen-bond donors (Lipinski definition) is 1. The van der Waals surface area contributed by atoms with Crippen LogP contribution >= 0.6 is 0 Å². The molecule has 0 aromatic carbocycles. The first kappa shape index (κ1) is 13.4. The molecular weight excluding hydrogens is 252 g/mol. The summed E-state index contributed by atoms with van der Waals surface area (Å²) in [5, 5.41) is 8.96. The van der Waals surface area contributed by atoms with Crippen LogP contribution in [0.1, 0.15) is 6.92 Å². The Morgan fingerprint density at radius 2 is 2.42 bits per heavy atom. The second-order valence-corrected chi connectivity index (χ2v) is 4.23. The van der Waals surface area contributed by atoms with Gasteiger partial charge in [0.1, 0.15) is 12.4 Å². The fourth-order valence-electron chi connectivity index (χ4n) is 1.92. The van der Waals surface area contributed by atoms with E-state index in [1.54, 1.807) is 13.0 Å². The van der Waals surface area contributed by atoms with Crippen molar-refractivity contribution >= 4 is 17.8 Å². The number of carboxylic acids is 1. The maximum Gasteiger partial charge on any atom is 0.410 e. The third-order valence-corrected chi connectivity index (χ3v) is 2.92. The third-order valence-electron chi connectivity index (χ3n) is 2.92. The number of carboxylic acid groups (broad SMARTS) is 1. The lowest BCUT2D eigenvalue weighted by molar-refractivity contribution is -0.139. The number of amides is 1. The van der Waals surface area contributed by atoms with Crippen LogP contribution in [0, 0.1) is 5.92 Å². The Balaban J connectivity index is 2.09. The van der Waals surface area contributed by atoms with E-state index in [0.29, 0.717) is 31.2 Å². The fourth-order valence-corrected chi connectivity index (χ4v) is 1.92. The van der Waals surface area contributed by atoms with E-state index in [2.05, 4.69) is 4.99 Å².